The molecular formula is C14H18F3N. The summed E-state index contributed by atoms with van der Waals surface area (Å²) in [5, 5.41) is 3.25. The van der Waals surface area contributed by atoms with Crippen LogP contribution in [0.2, 0.25) is 0 Å². The molecule has 0 aromatic heterocycles. The van der Waals surface area contributed by atoms with Gasteiger partial charge >= 0.3 is 6.18 Å². The van der Waals surface area contributed by atoms with Crippen molar-refractivity contribution in [1.29, 1.82) is 0 Å². The first-order valence-corrected chi connectivity index (χ1v) is 6.35. The zero-order valence-electron chi connectivity index (χ0n) is 10.4. The molecule has 1 aromatic rings. The van der Waals surface area contributed by atoms with Crippen LogP contribution in [-0.4, -0.2) is 13.1 Å². The Labute approximate surface area is 105 Å². The van der Waals surface area contributed by atoms with Gasteiger partial charge in [-0.2, -0.15) is 13.2 Å². The van der Waals surface area contributed by atoms with Crippen molar-refractivity contribution in [1.82, 2.24) is 5.32 Å². The second-order valence-electron chi connectivity index (χ2n) is 5.08. The van der Waals surface area contributed by atoms with E-state index in [0.29, 0.717) is 11.5 Å². The van der Waals surface area contributed by atoms with E-state index in [1.54, 1.807) is 12.1 Å². The van der Waals surface area contributed by atoms with Gasteiger partial charge in [-0.1, -0.05) is 25.1 Å². The van der Waals surface area contributed by atoms with Crippen molar-refractivity contribution in [3.05, 3.63) is 35.4 Å². The highest BCUT2D eigenvalue weighted by molar-refractivity contribution is 5.32. The molecule has 4 heteroatoms. The van der Waals surface area contributed by atoms with E-state index < -0.39 is 11.7 Å². The maximum atomic E-state index is 12.9. The Morgan fingerprint density at radius 1 is 1.33 bits per heavy atom. The summed E-state index contributed by atoms with van der Waals surface area (Å²) >= 11 is 0. The topological polar surface area (TPSA) is 12.0 Å². The van der Waals surface area contributed by atoms with Gasteiger partial charge in [-0.15, -0.1) is 0 Å². The van der Waals surface area contributed by atoms with E-state index in [1.807, 2.05) is 6.92 Å². The van der Waals surface area contributed by atoms with Crippen LogP contribution in [0.4, 0.5) is 13.2 Å². The minimum atomic E-state index is -4.25. The van der Waals surface area contributed by atoms with E-state index in [0.717, 1.165) is 25.9 Å². The third kappa shape index (κ3) is 3.05. The van der Waals surface area contributed by atoms with Gasteiger partial charge in [0.25, 0.3) is 0 Å². The van der Waals surface area contributed by atoms with Crippen molar-refractivity contribution in [3.8, 4) is 0 Å². The van der Waals surface area contributed by atoms with Crippen LogP contribution in [-0.2, 0) is 6.18 Å². The van der Waals surface area contributed by atoms with Gasteiger partial charge < -0.3 is 5.32 Å². The highest BCUT2D eigenvalue weighted by Gasteiger charge is 2.34. The van der Waals surface area contributed by atoms with Gasteiger partial charge in [-0.3, -0.25) is 0 Å². The molecule has 1 aromatic carbocycles. The monoisotopic (exact) mass is 257 g/mol. The van der Waals surface area contributed by atoms with E-state index in [1.165, 1.54) is 12.1 Å². The third-order valence-electron chi connectivity index (χ3n) is 3.65. The molecule has 18 heavy (non-hydrogen) atoms. The average Bonchev–Trinajstić information content (AvgIpc) is 2.80. The average molecular weight is 257 g/mol. The highest BCUT2D eigenvalue weighted by Crippen LogP contribution is 2.37. The molecule has 2 unspecified atom stereocenters. The Bertz CT molecular complexity index is 394. The summed E-state index contributed by atoms with van der Waals surface area (Å²) in [7, 11) is 0. The Hall–Kier alpha value is -1.03. The van der Waals surface area contributed by atoms with Crippen molar-refractivity contribution in [2.24, 2.45) is 5.92 Å². The standard InChI is InChI=1S/C14H18F3N/c1-10(8-11-6-7-18-9-11)12-4-2-3-5-13(12)14(15,16)17/h2-5,10-11,18H,6-9H2,1H3. The van der Waals surface area contributed by atoms with Gasteiger partial charge in [0.2, 0.25) is 0 Å². The molecule has 1 heterocycles. The molecule has 1 fully saturated rings. The molecule has 1 saturated heterocycles. The lowest BCUT2D eigenvalue weighted by Crippen LogP contribution is -2.14. The summed E-state index contributed by atoms with van der Waals surface area (Å²) in [6.07, 6.45) is -2.36. The maximum absolute atomic E-state index is 12.9. The van der Waals surface area contributed by atoms with Crippen LogP contribution in [0.25, 0.3) is 0 Å². The SMILES string of the molecule is CC(CC1CCNC1)c1ccccc1C(F)(F)F. The third-order valence-corrected chi connectivity index (χ3v) is 3.65. The van der Waals surface area contributed by atoms with Crippen molar-refractivity contribution in [2.75, 3.05) is 13.1 Å². The fourth-order valence-corrected chi connectivity index (χ4v) is 2.73. The Kier molecular flexibility index (Phi) is 3.95. The summed E-state index contributed by atoms with van der Waals surface area (Å²) < 4.78 is 38.7. The largest absolute Gasteiger partial charge is 0.416 e. The molecule has 0 amide bonds. The van der Waals surface area contributed by atoms with Crippen LogP contribution >= 0.6 is 0 Å². The van der Waals surface area contributed by atoms with Gasteiger partial charge in [-0.25, -0.2) is 0 Å². The minimum absolute atomic E-state index is 0.0484. The first-order valence-electron chi connectivity index (χ1n) is 6.35. The predicted molar refractivity (Wildman–Crippen MR) is 65.5 cm³/mol. The fourth-order valence-electron chi connectivity index (χ4n) is 2.73. The zero-order valence-corrected chi connectivity index (χ0v) is 10.4. The van der Waals surface area contributed by atoms with E-state index in [-0.39, 0.29) is 5.92 Å². The number of rotatable bonds is 3. The highest BCUT2D eigenvalue weighted by atomic mass is 19.4. The fraction of sp³-hybridized carbons (Fsp3) is 0.571. The quantitative estimate of drug-likeness (QED) is 0.868. The van der Waals surface area contributed by atoms with Crippen LogP contribution in [0.3, 0.4) is 0 Å². The molecule has 100 valence electrons. The minimum Gasteiger partial charge on any atom is -0.316 e. The number of hydrogen-bond donors (Lipinski definition) is 1. The number of alkyl halides is 3. The van der Waals surface area contributed by atoms with Gasteiger partial charge in [-0.05, 0) is 49.4 Å². The van der Waals surface area contributed by atoms with Gasteiger partial charge in [0, 0.05) is 0 Å². The first-order chi connectivity index (χ1) is 8.48. The lowest BCUT2D eigenvalue weighted by atomic mass is 9.87. The molecular weight excluding hydrogens is 239 g/mol. The second-order valence-corrected chi connectivity index (χ2v) is 5.08. The van der Waals surface area contributed by atoms with Crippen molar-refractivity contribution in [3.63, 3.8) is 0 Å². The lowest BCUT2D eigenvalue weighted by Gasteiger charge is -2.20. The normalized spacial score (nSPS) is 22.1. The van der Waals surface area contributed by atoms with E-state index in [2.05, 4.69) is 5.32 Å². The first kappa shape index (κ1) is 13.4. The summed E-state index contributed by atoms with van der Waals surface area (Å²) in [6.45, 7) is 3.81. The van der Waals surface area contributed by atoms with Crippen molar-refractivity contribution >= 4 is 0 Å². The molecule has 2 atom stereocenters. The van der Waals surface area contributed by atoms with Crippen LogP contribution in [0.1, 0.15) is 36.8 Å². The molecule has 0 spiro atoms. The number of halogens is 3. The molecule has 1 N–H and O–H groups in total. The molecule has 1 nitrogen and oxygen atoms in total. The molecule has 1 aliphatic heterocycles. The molecule has 0 bridgehead atoms. The Morgan fingerprint density at radius 2 is 2.06 bits per heavy atom. The molecule has 2 rings (SSSR count). The van der Waals surface area contributed by atoms with Gasteiger partial charge in [0.15, 0.2) is 0 Å². The van der Waals surface area contributed by atoms with Crippen LogP contribution < -0.4 is 5.32 Å². The van der Waals surface area contributed by atoms with Crippen LogP contribution in [0.15, 0.2) is 24.3 Å². The molecule has 1 aliphatic rings. The molecule has 0 aliphatic carbocycles. The predicted octanol–water partition coefficient (Wildman–Crippen LogP) is 3.81. The Morgan fingerprint density at radius 3 is 2.67 bits per heavy atom. The number of benzene rings is 1. The van der Waals surface area contributed by atoms with E-state index in [4.69, 9.17) is 0 Å². The van der Waals surface area contributed by atoms with Crippen molar-refractivity contribution in [2.45, 2.75) is 31.9 Å². The molecule has 0 saturated carbocycles. The summed E-state index contributed by atoms with van der Waals surface area (Å²) in [4.78, 5) is 0. The number of hydrogen-bond acceptors (Lipinski definition) is 1. The maximum Gasteiger partial charge on any atom is 0.416 e. The zero-order chi connectivity index (χ0) is 13.2. The molecule has 0 radical (unpaired) electrons. The summed E-state index contributed by atoms with van der Waals surface area (Å²) in [5.74, 6) is 0.453. The lowest BCUT2D eigenvalue weighted by molar-refractivity contribution is -0.138. The second kappa shape index (κ2) is 5.31. The summed E-state index contributed by atoms with van der Waals surface area (Å²) in [6, 6.07) is 5.93. The van der Waals surface area contributed by atoms with Crippen molar-refractivity contribution < 1.29 is 13.2 Å². The van der Waals surface area contributed by atoms with E-state index in [9.17, 15) is 13.2 Å². The van der Waals surface area contributed by atoms with Gasteiger partial charge in [0.05, 0.1) is 5.56 Å². The van der Waals surface area contributed by atoms with E-state index >= 15 is 0 Å². The smallest absolute Gasteiger partial charge is 0.316 e. The summed E-state index contributed by atoms with van der Waals surface area (Å²) in [5.41, 5.74) is -0.0552. The number of nitrogens with one attached hydrogen (secondary N) is 1. The van der Waals surface area contributed by atoms with Crippen LogP contribution in [0, 0.1) is 5.92 Å². The van der Waals surface area contributed by atoms with Crippen LogP contribution in [0.5, 0.6) is 0 Å². The van der Waals surface area contributed by atoms with Gasteiger partial charge in [0.1, 0.15) is 0 Å². The Balaban J connectivity index is 2.16.